The zero-order valence-electron chi connectivity index (χ0n) is 7.39. The van der Waals surface area contributed by atoms with Crippen LogP contribution in [0.25, 0.3) is 0 Å². The second kappa shape index (κ2) is 4.04. The van der Waals surface area contributed by atoms with Crippen molar-refractivity contribution in [3.8, 4) is 0 Å². The van der Waals surface area contributed by atoms with E-state index in [1.807, 2.05) is 6.92 Å². The smallest absolute Gasteiger partial charge is 0.267 e. The summed E-state index contributed by atoms with van der Waals surface area (Å²) in [6.45, 7) is 5.23. The molecule has 0 aliphatic heterocycles. The largest absolute Gasteiger partial charge is 0.268 e. The van der Waals surface area contributed by atoms with Crippen molar-refractivity contribution < 1.29 is 4.79 Å². The molecule has 1 rings (SSSR count). The molecular weight excluding hydrogens is 152 g/mol. The molecule has 0 spiro atoms. The number of hydrogen-bond donors (Lipinski definition) is 1. The zero-order chi connectivity index (χ0) is 8.97. The second-order valence-electron chi connectivity index (χ2n) is 3.07. The van der Waals surface area contributed by atoms with Gasteiger partial charge in [0.2, 0.25) is 0 Å². The van der Waals surface area contributed by atoms with E-state index in [-0.39, 0.29) is 5.91 Å². The molecule has 0 atom stereocenters. The summed E-state index contributed by atoms with van der Waals surface area (Å²) in [7, 11) is 0. The molecule has 0 radical (unpaired) electrons. The second-order valence-corrected chi connectivity index (χ2v) is 3.07. The van der Waals surface area contributed by atoms with Crippen molar-refractivity contribution in [1.29, 1.82) is 0 Å². The summed E-state index contributed by atoms with van der Waals surface area (Å²) < 4.78 is 0. The normalized spacial score (nSPS) is 17.4. The first-order valence-electron chi connectivity index (χ1n) is 4.20. The molecule has 0 saturated heterocycles. The minimum absolute atomic E-state index is 0.0813. The van der Waals surface area contributed by atoms with Gasteiger partial charge in [-0.3, -0.25) is 4.79 Å². The van der Waals surface area contributed by atoms with E-state index in [2.05, 4.69) is 17.2 Å². The third-order valence-electron chi connectivity index (χ3n) is 2.20. The maximum atomic E-state index is 11.3. The maximum Gasteiger partial charge on any atom is 0.267 e. The van der Waals surface area contributed by atoms with E-state index in [4.69, 9.17) is 0 Å². The number of rotatable bonds is 2. The van der Waals surface area contributed by atoms with E-state index < -0.39 is 0 Å². The summed E-state index contributed by atoms with van der Waals surface area (Å²) in [6, 6.07) is 0. The van der Waals surface area contributed by atoms with Gasteiger partial charge in [0.25, 0.3) is 5.91 Å². The van der Waals surface area contributed by atoms with Crippen LogP contribution in [0.1, 0.15) is 32.6 Å². The lowest BCUT2D eigenvalue weighted by Crippen LogP contribution is -2.21. The van der Waals surface area contributed by atoms with Crippen LogP contribution in [-0.4, -0.2) is 12.6 Å². The monoisotopic (exact) mass is 166 g/mol. The number of allylic oxidation sites excluding steroid dienone is 1. The fraction of sp³-hybridized carbons (Fsp3) is 0.556. The highest BCUT2D eigenvalue weighted by Crippen LogP contribution is 2.23. The van der Waals surface area contributed by atoms with Crippen LogP contribution in [-0.2, 0) is 4.79 Å². The first-order valence-corrected chi connectivity index (χ1v) is 4.20. The zero-order valence-corrected chi connectivity index (χ0v) is 7.39. The Morgan fingerprint density at radius 1 is 1.50 bits per heavy atom. The van der Waals surface area contributed by atoms with Crippen molar-refractivity contribution in [2.24, 2.45) is 5.10 Å². The standard InChI is InChI=1S/C9H14N2O/c1-7-5-3-4-6-8(7)9(12)11-10-2/h2-6H2,1H3,(H,11,12). The van der Waals surface area contributed by atoms with E-state index in [1.54, 1.807) is 0 Å². The molecule has 0 unspecified atom stereocenters. The van der Waals surface area contributed by atoms with Gasteiger partial charge in [-0.1, -0.05) is 5.57 Å². The summed E-state index contributed by atoms with van der Waals surface area (Å²) in [5.74, 6) is -0.0813. The molecule has 12 heavy (non-hydrogen) atoms. The number of carbonyl (C=O) groups is 1. The van der Waals surface area contributed by atoms with Gasteiger partial charge < -0.3 is 0 Å². The summed E-state index contributed by atoms with van der Waals surface area (Å²) in [5.41, 5.74) is 4.46. The van der Waals surface area contributed by atoms with Crippen molar-refractivity contribution in [2.75, 3.05) is 0 Å². The van der Waals surface area contributed by atoms with Gasteiger partial charge in [0, 0.05) is 12.3 Å². The Labute approximate surface area is 72.5 Å². The Morgan fingerprint density at radius 3 is 2.75 bits per heavy atom. The molecule has 3 heteroatoms. The van der Waals surface area contributed by atoms with Gasteiger partial charge >= 0.3 is 0 Å². The van der Waals surface area contributed by atoms with Crippen molar-refractivity contribution >= 4 is 12.6 Å². The van der Waals surface area contributed by atoms with Crippen molar-refractivity contribution in [2.45, 2.75) is 32.6 Å². The molecule has 0 heterocycles. The van der Waals surface area contributed by atoms with Crippen LogP contribution >= 0.6 is 0 Å². The Balaban J connectivity index is 2.70. The van der Waals surface area contributed by atoms with E-state index in [1.165, 1.54) is 12.0 Å². The van der Waals surface area contributed by atoms with Gasteiger partial charge in [0.15, 0.2) is 0 Å². The van der Waals surface area contributed by atoms with Crippen molar-refractivity contribution in [3.63, 3.8) is 0 Å². The van der Waals surface area contributed by atoms with Crippen LogP contribution in [0.5, 0.6) is 0 Å². The quantitative estimate of drug-likeness (QED) is 0.491. The molecule has 66 valence electrons. The summed E-state index contributed by atoms with van der Waals surface area (Å²) in [6.07, 6.45) is 4.23. The first-order chi connectivity index (χ1) is 5.75. The minimum atomic E-state index is -0.0813. The fourth-order valence-electron chi connectivity index (χ4n) is 1.50. The molecular formula is C9H14N2O. The average molecular weight is 166 g/mol. The Morgan fingerprint density at radius 2 is 2.17 bits per heavy atom. The number of hydrazone groups is 1. The topological polar surface area (TPSA) is 41.5 Å². The van der Waals surface area contributed by atoms with Crippen molar-refractivity contribution in [3.05, 3.63) is 11.1 Å². The van der Waals surface area contributed by atoms with Gasteiger partial charge in [0.05, 0.1) is 0 Å². The lowest BCUT2D eigenvalue weighted by Gasteiger charge is -2.15. The van der Waals surface area contributed by atoms with Gasteiger partial charge in [0.1, 0.15) is 0 Å². The highest BCUT2D eigenvalue weighted by molar-refractivity contribution is 5.94. The number of nitrogens with one attached hydrogen (secondary N) is 1. The predicted molar refractivity (Wildman–Crippen MR) is 48.9 cm³/mol. The summed E-state index contributed by atoms with van der Waals surface area (Å²) in [4.78, 5) is 11.3. The number of carbonyl (C=O) groups excluding carboxylic acids is 1. The molecule has 0 aromatic heterocycles. The molecule has 3 nitrogen and oxygen atoms in total. The molecule has 0 saturated carbocycles. The van der Waals surface area contributed by atoms with Crippen LogP contribution in [0, 0.1) is 0 Å². The Kier molecular flexibility index (Phi) is 3.02. The number of hydrogen-bond acceptors (Lipinski definition) is 2. The highest BCUT2D eigenvalue weighted by atomic mass is 16.2. The minimum Gasteiger partial charge on any atom is -0.268 e. The van der Waals surface area contributed by atoms with Crippen LogP contribution in [0.3, 0.4) is 0 Å². The third kappa shape index (κ3) is 1.94. The molecule has 0 aromatic rings. The SMILES string of the molecule is C=NNC(=O)C1=C(C)CCCC1. The van der Waals surface area contributed by atoms with Gasteiger partial charge in [-0.05, 0) is 32.6 Å². The highest BCUT2D eigenvalue weighted by Gasteiger charge is 2.15. The molecule has 1 N–H and O–H groups in total. The van der Waals surface area contributed by atoms with Crippen molar-refractivity contribution in [1.82, 2.24) is 5.43 Å². The number of nitrogens with zero attached hydrogens (tertiary/aromatic N) is 1. The molecule has 1 amide bonds. The van der Waals surface area contributed by atoms with Crippen LogP contribution < -0.4 is 5.43 Å². The van der Waals surface area contributed by atoms with Gasteiger partial charge in [-0.15, -0.1) is 0 Å². The van der Waals surface area contributed by atoms with Crippen LogP contribution in [0.4, 0.5) is 0 Å². The molecule has 0 bridgehead atoms. The lowest BCUT2D eigenvalue weighted by molar-refractivity contribution is -0.117. The molecule has 0 fully saturated rings. The average Bonchev–Trinajstić information content (AvgIpc) is 2.05. The van der Waals surface area contributed by atoms with Crippen LogP contribution in [0.2, 0.25) is 0 Å². The van der Waals surface area contributed by atoms with E-state index in [0.717, 1.165) is 24.8 Å². The third-order valence-corrected chi connectivity index (χ3v) is 2.20. The van der Waals surface area contributed by atoms with Gasteiger partial charge in [-0.25, -0.2) is 5.43 Å². The molecule has 1 aliphatic rings. The predicted octanol–water partition coefficient (Wildman–Crippen LogP) is 1.61. The Hall–Kier alpha value is -1.12. The maximum absolute atomic E-state index is 11.3. The molecule has 1 aliphatic carbocycles. The van der Waals surface area contributed by atoms with E-state index in [9.17, 15) is 4.79 Å². The molecule has 0 aromatic carbocycles. The lowest BCUT2D eigenvalue weighted by atomic mass is 9.92. The van der Waals surface area contributed by atoms with E-state index in [0.29, 0.717) is 0 Å². The number of amides is 1. The summed E-state index contributed by atoms with van der Waals surface area (Å²) in [5, 5.41) is 3.36. The van der Waals surface area contributed by atoms with E-state index >= 15 is 0 Å². The van der Waals surface area contributed by atoms with Crippen LogP contribution in [0.15, 0.2) is 16.2 Å². The van der Waals surface area contributed by atoms with Gasteiger partial charge in [-0.2, -0.15) is 5.10 Å². The Bertz CT molecular complexity index is 231. The fourth-order valence-corrected chi connectivity index (χ4v) is 1.50. The first kappa shape index (κ1) is 8.97. The summed E-state index contributed by atoms with van der Waals surface area (Å²) >= 11 is 0.